The number of amides is 1. The summed E-state index contributed by atoms with van der Waals surface area (Å²) in [5, 5.41) is 3.39. The molecule has 1 aromatic carbocycles. The molecule has 0 spiro atoms. The molecule has 22 heavy (non-hydrogen) atoms. The molecule has 2 fully saturated rings. The van der Waals surface area contributed by atoms with Crippen LogP contribution in [0.1, 0.15) is 36.5 Å². The Morgan fingerprint density at radius 1 is 1.32 bits per heavy atom. The molecular formula is C17H25ClN2OS. The summed E-state index contributed by atoms with van der Waals surface area (Å²) in [7, 11) is 0. The van der Waals surface area contributed by atoms with Gasteiger partial charge in [0.1, 0.15) is 0 Å². The number of nitrogens with zero attached hydrogens (tertiary/aromatic N) is 1. The van der Waals surface area contributed by atoms with Crippen molar-refractivity contribution in [1.29, 1.82) is 0 Å². The molecule has 0 radical (unpaired) electrons. The van der Waals surface area contributed by atoms with Crippen molar-refractivity contribution in [1.82, 2.24) is 10.2 Å². The summed E-state index contributed by atoms with van der Waals surface area (Å²) in [5.74, 6) is 1.96. The van der Waals surface area contributed by atoms with Crippen LogP contribution in [-0.2, 0) is 0 Å². The number of nitrogens with one attached hydrogen (secondary N) is 1. The molecule has 3 rings (SSSR count). The molecule has 0 unspecified atom stereocenters. The lowest BCUT2D eigenvalue weighted by Gasteiger charge is -2.29. The molecule has 1 atom stereocenters. The average Bonchev–Trinajstić information content (AvgIpc) is 3.17. The minimum absolute atomic E-state index is 0. The Bertz CT molecular complexity index is 501. The van der Waals surface area contributed by atoms with Gasteiger partial charge in [0, 0.05) is 24.0 Å². The van der Waals surface area contributed by atoms with Gasteiger partial charge in [-0.15, -0.1) is 24.2 Å². The molecule has 5 heteroatoms. The summed E-state index contributed by atoms with van der Waals surface area (Å²) in [6.07, 6.45) is 3.66. The van der Waals surface area contributed by atoms with Crippen molar-refractivity contribution in [3.63, 3.8) is 0 Å². The Balaban J connectivity index is 0.00000176. The number of benzene rings is 1. The number of hydrogen-bond acceptors (Lipinski definition) is 3. The van der Waals surface area contributed by atoms with Crippen LogP contribution in [0.25, 0.3) is 0 Å². The molecule has 1 aliphatic heterocycles. The van der Waals surface area contributed by atoms with Crippen LogP contribution < -0.4 is 5.32 Å². The van der Waals surface area contributed by atoms with E-state index in [4.69, 9.17) is 0 Å². The van der Waals surface area contributed by atoms with Crippen molar-refractivity contribution < 1.29 is 4.79 Å². The maximum absolute atomic E-state index is 13.1. The highest BCUT2D eigenvalue weighted by Gasteiger charge is 2.33. The summed E-state index contributed by atoms with van der Waals surface area (Å²) in [6.45, 7) is 5.05. The molecule has 1 heterocycles. The predicted molar refractivity (Wildman–Crippen MR) is 95.1 cm³/mol. The van der Waals surface area contributed by atoms with Gasteiger partial charge in [-0.2, -0.15) is 0 Å². The number of rotatable bonds is 6. The van der Waals surface area contributed by atoms with Crippen LogP contribution in [0.15, 0.2) is 29.2 Å². The number of halogens is 1. The lowest BCUT2D eigenvalue weighted by Crippen LogP contribution is -2.43. The standard InChI is InChI=1S/C17H24N2OS.ClH/c1-2-21-16-6-4-3-5-15(16)17(20)19(12-13-7-8-13)14-9-10-18-11-14;/h3-6,13-14,18H,2,7-12H2,1H3;1H/t14-;/m0./s1. The molecule has 0 aromatic heterocycles. The van der Waals surface area contributed by atoms with E-state index in [0.717, 1.165) is 48.2 Å². The number of hydrogen-bond donors (Lipinski definition) is 1. The quantitative estimate of drug-likeness (QED) is 0.805. The molecule has 0 bridgehead atoms. The fraction of sp³-hybridized carbons (Fsp3) is 0.588. The fourth-order valence-corrected chi connectivity index (χ4v) is 3.76. The van der Waals surface area contributed by atoms with Crippen molar-refractivity contribution in [2.24, 2.45) is 5.92 Å². The monoisotopic (exact) mass is 340 g/mol. The van der Waals surface area contributed by atoms with Crippen molar-refractivity contribution >= 4 is 30.1 Å². The molecule has 1 saturated heterocycles. The van der Waals surface area contributed by atoms with Crippen molar-refractivity contribution in [2.45, 2.75) is 37.1 Å². The van der Waals surface area contributed by atoms with E-state index < -0.39 is 0 Å². The van der Waals surface area contributed by atoms with Gasteiger partial charge in [-0.25, -0.2) is 0 Å². The van der Waals surface area contributed by atoms with Gasteiger partial charge in [0.15, 0.2) is 0 Å². The van der Waals surface area contributed by atoms with E-state index in [-0.39, 0.29) is 18.3 Å². The molecule has 2 aliphatic rings. The Kier molecular flexibility index (Phi) is 6.60. The van der Waals surface area contributed by atoms with E-state index in [9.17, 15) is 4.79 Å². The fourth-order valence-electron chi connectivity index (χ4n) is 2.96. The van der Waals surface area contributed by atoms with Crippen LogP contribution in [0.4, 0.5) is 0 Å². The first-order valence-electron chi connectivity index (χ1n) is 8.03. The largest absolute Gasteiger partial charge is 0.334 e. The van der Waals surface area contributed by atoms with Gasteiger partial charge in [0.2, 0.25) is 0 Å². The SMILES string of the molecule is CCSc1ccccc1C(=O)N(CC1CC1)[C@H]1CCNC1.Cl. The third-order valence-corrected chi connectivity index (χ3v) is 5.26. The van der Waals surface area contributed by atoms with E-state index in [2.05, 4.69) is 23.2 Å². The Labute approximate surface area is 143 Å². The van der Waals surface area contributed by atoms with Gasteiger partial charge in [-0.1, -0.05) is 19.1 Å². The Morgan fingerprint density at radius 3 is 2.73 bits per heavy atom. The van der Waals surface area contributed by atoms with Gasteiger partial charge in [-0.3, -0.25) is 4.79 Å². The predicted octanol–water partition coefficient (Wildman–Crippen LogP) is 3.43. The zero-order valence-electron chi connectivity index (χ0n) is 13.1. The highest BCUT2D eigenvalue weighted by molar-refractivity contribution is 7.99. The first-order valence-corrected chi connectivity index (χ1v) is 9.01. The van der Waals surface area contributed by atoms with Crippen molar-refractivity contribution in [2.75, 3.05) is 25.4 Å². The minimum atomic E-state index is 0. The van der Waals surface area contributed by atoms with Crippen LogP contribution in [0.3, 0.4) is 0 Å². The zero-order chi connectivity index (χ0) is 14.7. The summed E-state index contributed by atoms with van der Waals surface area (Å²) < 4.78 is 0. The lowest BCUT2D eigenvalue weighted by atomic mass is 10.1. The van der Waals surface area contributed by atoms with Crippen LogP contribution in [0.5, 0.6) is 0 Å². The van der Waals surface area contributed by atoms with E-state index >= 15 is 0 Å². The number of carbonyl (C=O) groups excluding carboxylic acids is 1. The van der Waals surface area contributed by atoms with E-state index in [1.165, 1.54) is 12.8 Å². The van der Waals surface area contributed by atoms with Crippen molar-refractivity contribution in [3.8, 4) is 0 Å². The lowest BCUT2D eigenvalue weighted by molar-refractivity contribution is 0.0678. The van der Waals surface area contributed by atoms with E-state index in [1.807, 2.05) is 18.2 Å². The maximum Gasteiger partial charge on any atom is 0.255 e. The van der Waals surface area contributed by atoms with Crippen LogP contribution >= 0.6 is 24.2 Å². The molecular weight excluding hydrogens is 316 g/mol. The zero-order valence-corrected chi connectivity index (χ0v) is 14.7. The molecule has 1 aliphatic carbocycles. The maximum atomic E-state index is 13.1. The summed E-state index contributed by atoms with van der Waals surface area (Å²) >= 11 is 1.76. The van der Waals surface area contributed by atoms with Gasteiger partial charge in [0.05, 0.1) is 5.56 Å². The highest BCUT2D eigenvalue weighted by atomic mass is 35.5. The molecule has 1 saturated carbocycles. The number of carbonyl (C=O) groups is 1. The van der Waals surface area contributed by atoms with Crippen LogP contribution in [-0.4, -0.2) is 42.2 Å². The van der Waals surface area contributed by atoms with Crippen molar-refractivity contribution in [3.05, 3.63) is 29.8 Å². The van der Waals surface area contributed by atoms with Crippen LogP contribution in [0.2, 0.25) is 0 Å². The molecule has 1 N–H and O–H groups in total. The molecule has 1 amide bonds. The minimum Gasteiger partial charge on any atom is -0.334 e. The first-order chi connectivity index (χ1) is 10.3. The van der Waals surface area contributed by atoms with E-state index in [0.29, 0.717) is 6.04 Å². The first kappa shape index (κ1) is 17.6. The third kappa shape index (κ3) is 4.18. The van der Waals surface area contributed by atoms with Gasteiger partial charge in [0.25, 0.3) is 5.91 Å². The Hall–Kier alpha value is -0.710. The second kappa shape index (κ2) is 8.23. The highest BCUT2D eigenvalue weighted by Crippen LogP contribution is 2.32. The smallest absolute Gasteiger partial charge is 0.255 e. The summed E-state index contributed by atoms with van der Waals surface area (Å²) in [4.78, 5) is 16.3. The Morgan fingerprint density at radius 2 is 2.09 bits per heavy atom. The average molecular weight is 341 g/mol. The van der Waals surface area contributed by atoms with Gasteiger partial charge in [-0.05, 0) is 49.6 Å². The topological polar surface area (TPSA) is 32.3 Å². The molecule has 3 nitrogen and oxygen atoms in total. The normalized spacial score (nSPS) is 20.5. The van der Waals surface area contributed by atoms with Gasteiger partial charge >= 0.3 is 0 Å². The summed E-state index contributed by atoms with van der Waals surface area (Å²) in [6, 6.07) is 8.44. The second-order valence-electron chi connectivity index (χ2n) is 5.98. The number of thioether (sulfide) groups is 1. The third-order valence-electron chi connectivity index (χ3n) is 4.31. The molecule has 122 valence electrons. The summed E-state index contributed by atoms with van der Waals surface area (Å²) in [5.41, 5.74) is 0.886. The van der Waals surface area contributed by atoms with Gasteiger partial charge < -0.3 is 10.2 Å². The molecule has 1 aromatic rings. The van der Waals surface area contributed by atoms with Crippen LogP contribution in [0, 0.1) is 5.92 Å². The second-order valence-corrected chi connectivity index (χ2v) is 7.28. The van der Waals surface area contributed by atoms with E-state index in [1.54, 1.807) is 11.8 Å².